The Morgan fingerprint density at radius 1 is 1.60 bits per heavy atom. The second kappa shape index (κ2) is 4.33. The molecule has 1 aliphatic rings. The van der Waals surface area contributed by atoms with E-state index in [4.69, 9.17) is 11.0 Å². The van der Waals surface area contributed by atoms with E-state index in [0.29, 0.717) is 16.6 Å². The van der Waals surface area contributed by atoms with Gasteiger partial charge in [0.25, 0.3) is 0 Å². The van der Waals surface area contributed by atoms with E-state index < -0.39 is 0 Å². The first-order valence-electron chi connectivity index (χ1n) is 4.89. The van der Waals surface area contributed by atoms with Crippen molar-refractivity contribution in [3.8, 4) is 6.07 Å². The van der Waals surface area contributed by atoms with Gasteiger partial charge in [-0.2, -0.15) is 5.26 Å². The maximum atomic E-state index is 8.90. The molecular weight excluding hydrogens is 226 g/mol. The molecule has 80 valence electrons. The van der Waals surface area contributed by atoms with Gasteiger partial charge in [-0.3, -0.25) is 0 Å². The molecule has 1 saturated carbocycles. The standard InChI is InChI=1S/C10H13N3S2/c1-14-9-8(12)7(5-11)15-10(9)13-6-3-2-4-6/h6,13H,2-4,12H2,1H3. The van der Waals surface area contributed by atoms with Gasteiger partial charge in [-0.15, -0.1) is 23.1 Å². The highest BCUT2D eigenvalue weighted by Gasteiger charge is 2.21. The molecule has 1 aromatic heterocycles. The van der Waals surface area contributed by atoms with E-state index in [1.54, 1.807) is 11.8 Å². The number of nitriles is 1. The van der Waals surface area contributed by atoms with Gasteiger partial charge in [0.05, 0.1) is 10.6 Å². The highest BCUT2D eigenvalue weighted by atomic mass is 32.2. The molecule has 0 aliphatic heterocycles. The number of hydrogen-bond donors (Lipinski definition) is 2. The third-order valence-corrected chi connectivity index (χ3v) is 4.65. The van der Waals surface area contributed by atoms with Crippen molar-refractivity contribution in [3.05, 3.63) is 4.88 Å². The van der Waals surface area contributed by atoms with Gasteiger partial charge in [-0.25, -0.2) is 0 Å². The van der Waals surface area contributed by atoms with Crippen LogP contribution >= 0.6 is 23.1 Å². The number of anilines is 2. The van der Waals surface area contributed by atoms with Gasteiger partial charge >= 0.3 is 0 Å². The summed E-state index contributed by atoms with van der Waals surface area (Å²) >= 11 is 3.08. The largest absolute Gasteiger partial charge is 0.396 e. The van der Waals surface area contributed by atoms with Crippen LogP contribution in [0.3, 0.4) is 0 Å². The van der Waals surface area contributed by atoms with Crippen molar-refractivity contribution in [3.63, 3.8) is 0 Å². The lowest BCUT2D eigenvalue weighted by Crippen LogP contribution is -2.26. The Bertz CT molecular complexity index is 402. The minimum atomic E-state index is 0.584. The van der Waals surface area contributed by atoms with Crippen LogP contribution in [0.5, 0.6) is 0 Å². The average Bonchev–Trinajstić information content (AvgIpc) is 2.48. The fraction of sp³-hybridized carbons (Fsp3) is 0.500. The zero-order valence-corrected chi connectivity index (χ0v) is 10.2. The van der Waals surface area contributed by atoms with Crippen molar-refractivity contribution in [1.29, 1.82) is 5.26 Å². The molecule has 0 radical (unpaired) electrons. The Kier molecular flexibility index (Phi) is 3.08. The molecule has 0 aromatic carbocycles. The highest BCUT2D eigenvalue weighted by molar-refractivity contribution is 7.99. The normalized spacial score (nSPS) is 15.7. The molecule has 2 rings (SSSR count). The Labute approximate surface area is 97.7 Å². The van der Waals surface area contributed by atoms with Crippen molar-refractivity contribution >= 4 is 33.8 Å². The second-order valence-corrected chi connectivity index (χ2v) is 5.43. The lowest BCUT2D eigenvalue weighted by atomic mass is 9.93. The summed E-state index contributed by atoms with van der Waals surface area (Å²) in [6.07, 6.45) is 5.75. The van der Waals surface area contributed by atoms with Gasteiger partial charge in [-0.05, 0) is 25.5 Å². The fourth-order valence-corrected chi connectivity index (χ4v) is 3.44. The summed E-state index contributed by atoms with van der Waals surface area (Å²) < 4.78 is 0. The van der Waals surface area contributed by atoms with Gasteiger partial charge in [0.2, 0.25) is 0 Å². The number of thiophene rings is 1. The number of nitrogen functional groups attached to an aromatic ring is 1. The first-order valence-corrected chi connectivity index (χ1v) is 6.93. The molecule has 0 atom stereocenters. The van der Waals surface area contributed by atoms with Crippen LogP contribution in [-0.2, 0) is 0 Å². The van der Waals surface area contributed by atoms with Gasteiger partial charge < -0.3 is 11.1 Å². The molecule has 0 amide bonds. The summed E-state index contributed by atoms with van der Waals surface area (Å²) in [5.41, 5.74) is 6.52. The molecule has 3 N–H and O–H groups in total. The first kappa shape index (κ1) is 10.7. The molecule has 0 unspecified atom stereocenters. The lowest BCUT2D eigenvalue weighted by Gasteiger charge is -2.27. The lowest BCUT2D eigenvalue weighted by molar-refractivity contribution is 0.446. The van der Waals surface area contributed by atoms with E-state index in [1.807, 2.05) is 6.26 Å². The Morgan fingerprint density at radius 3 is 2.80 bits per heavy atom. The van der Waals surface area contributed by atoms with Crippen molar-refractivity contribution in [2.45, 2.75) is 30.2 Å². The minimum absolute atomic E-state index is 0.584. The molecule has 1 fully saturated rings. The average molecular weight is 239 g/mol. The van der Waals surface area contributed by atoms with Crippen LogP contribution in [-0.4, -0.2) is 12.3 Å². The Balaban J connectivity index is 2.25. The summed E-state index contributed by atoms with van der Waals surface area (Å²) in [6, 6.07) is 2.72. The summed E-state index contributed by atoms with van der Waals surface area (Å²) in [5.74, 6) is 0. The van der Waals surface area contributed by atoms with Crippen molar-refractivity contribution in [2.75, 3.05) is 17.3 Å². The van der Waals surface area contributed by atoms with Crippen LogP contribution in [0.15, 0.2) is 4.90 Å². The second-order valence-electron chi connectivity index (χ2n) is 3.59. The Morgan fingerprint density at radius 2 is 2.33 bits per heavy atom. The zero-order chi connectivity index (χ0) is 10.8. The molecule has 15 heavy (non-hydrogen) atoms. The molecule has 1 heterocycles. The van der Waals surface area contributed by atoms with Crippen LogP contribution in [0, 0.1) is 11.3 Å². The van der Waals surface area contributed by atoms with E-state index in [0.717, 1.165) is 9.90 Å². The predicted octanol–water partition coefficient (Wildman–Crippen LogP) is 2.89. The first-order chi connectivity index (χ1) is 7.26. The molecular formula is C10H13N3S2. The SMILES string of the molecule is CSc1c(NC2CCC2)sc(C#N)c1N. The third kappa shape index (κ3) is 1.92. The molecule has 0 spiro atoms. The fourth-order valence-electron chi connectivity index (χ4n) is 1.55. The van der Waals surface area contributed by atoms with Crippen molar-refractivity contribution in [2.24, 2.45) is 0 Å². The van der Waals surface area contributed by atoms with E-state index in [9.17, 15) is 0 Å². The molecule has 0 saturated heterocycles. The van der Waals surface area contributed by atoms with Crippen molar-refractivity contribution < 1.29 is 0 Å². The Hall–Kier alpha value is -0.860. The minimum Gasteiger partial charge on any atom is -0.396 e. The van der Waals surface area contributed by atoms with E-state index in [1.165, 1.54) is 30.6 Å². The zero-order valence-electron chi connectivity index (χ0n) is 8.54. The number of thioether (sulfide) groups is 1. The maximum Gasteiger partial charge on any atom is 0.131 e. The molecule has 3 nitrogen and oxygen atoms in total. The number of nitrogens with one attached hydrogen (secondary N) is 1. The summed E-state index contributed by atoms with van der Waals surface area (Å²) in [7, 11) is 0. The van der Waals surface area contributed by atoms with Crippen LogP contribution in [0.2, 0.25) is 0 Å². The van der Waals surface area contributed by atoms with Gasteiger partial charge in [0.15, 0.2) is 0 Å². The summed E-state index contributed by atoms with van der Waals surface area (Å²) in [4.78, 5) is 1.66. The van der Waals surface area contributed by atoms with E-state index in [-0.39, 0.29) is 0 Å². The van der Waals surface area contributed by atoms with E-state index >= 15 is 0 Å². The molecule has 1 aliphatic carbocycles. The smallest absolute Gasteiger partial charge is 0.131 e. The topological polar surface area (TPSA) is 61.8 Å². The predicted molar refractivity (Wildman–Crippen MR) is 66.5 cm³/mol. The van der Waals surface area contributed by atoms with Gasteiger partial charge in [-0.1, -0.05) is 0 Å². The van der Waals surface area contributed by atoms with Crippen LogP contribution in [0.1, 0.15) is 24.1 Å². The van der Waals surface area contributed by atoms with Crippen molar-refractivity contribution in [1.82, 2.24) is 0 Å². The number of nitrogens with two attached hydrogens (primary N) is 1. The summed E-state index contributed by atoms with van der Waals surface area (Å²) in [6.45, 7) is 0. The third-order valence-electron chi connectivity index (χ3n) is 2.65. The number of hydrogen-bond acceptors (Lipinski definition) is 5. The molecule has 5 heteroatoms. The van der Waals surface area contributed by atoms with E-state index in [2.05, 4.69) is 11.4 Å². The molecule has 0 bridgehead atoms. The monoisotopic (exact) mass is 239 g/mol. The summed E-state index contributed by atoms with van der Waals surface area (Å²) in [5, 5.41) is 13.4. The van der Waals surface area contributed by atoms with Gasteiger partial charge in [0.1, 0.15) is 15.9 Å². The molecule has 1 aromatic rings. The highest BCUT2D eigenvalue weighted by Crippen LogP contribution is 2.42. The quantitative estimate of drug-likeness (QED) is 0.796. The van der Waals surface area contributed by atoms with Crippen LogP contribution < -0.4 is 11.1 Å². The van der Waals surface area contributed by atoms with Crippen LogP contribution in [0.4, 0.5) is 10.7 Å². The number of nitrogens with zero attached hydrogens (tertiary/aromatic N) is 1. The maximum absolute atomic E-state index is 8.90. The van der Waals surface area contributed by atoms with Gasteiger partial charge in [0, 0.05) is 6.04 Å². The number of rotatable bonds is 3. The van der Waals surface area contributed by atoms with Crippen LogP contribution in [0.25, 0.3) is 0 Å².